The summed E-state index contributed by atoms with van der Waals surface area (Å²) < 4.78 is 19.3. The molecule has 0 saturated carbocycles. The molecule has 5 N–H and O–H groups in total. The molecule has 0 aromatic carbocycles. The van der Waals surface area contributed by atoms with E-state index < -0.39 is 11.4 Å². The zero-order chi connectivity index (χ0) is 38.8. The van der Waals surface area contributed by atoms with Crippen molar-refractivity contribution in [3.63, 3.8) is 0 Å². The second-order valence-corrected chi connectivity index (χ2v) is 17.2. The Bertz CT molecular complexity index is 1210. The van der Waals surface area contributed by atoms with Gasteiger partial charge >= 0.3 is 5.97 Å². The number of aliphatic imine (C=N–C) groups is 1. The van der Waals surface area contributed by atoms with E-state index in [2.05, 4.69) is 29.3 Å². The first-order valence-corrected chi connectivity index (χ1v) is 22.9. The van der Waals surface area contributed by atoms with E-state index in [1.807, 2.05) is 4.90 Å². The number of rotatable bonds is 25. The zero-order valence-electron chi connectivity index (χ0n) is 34.6. The first kappa shape index (κ1) is 43.9. The molecule has 11 heteroatoms. The van der Waals surface area contributed by atoms with Crippen LogP contribution in [0, 0.1) is 5.92 Å². The Morgan fingerprint density at radius 3 is 2.25 bits per heavy atom. The highest BCUT2D eigenvalue weighted by atomic mass is 16.5. The van der Waals surface area contributed by atoms with Gasteiger partial charge in [-0.05, 0) is 96.6 Å². The van der Waals surface area contributed by atoms with Crippen molar-refractivity contribution in [3.05, 3.63) is 12.2 Å². The number of carbonyl (C=O) groups is 2. The molecule has 3 saturated heterocycles. The molecular formula is C44H78N6O5. The minimum Gasteiger partial charge on any atom is -0.465 e. The van der Waals surface area contributed by atoms with Crippen LogP contribution < -0.4 is 16.8 Å². The monoisotopic (exact) mass is 771 g/mol. The first-order chi connectivity index (χ1) is 26.9. The Labute approximate surface area is 333 Å². The maximum atomic E-state index is 13.9. The van der Waals surface area contributed by atoms with Crippen LogP contribution in [0.4, 0.5) is 0 Å². The average Bonchev–Trinajstić information content (AvgIpc) is 3.49. The number of unbranched alkanes of at least 4 members (excludes halogenated alkanes) is 13. The molecule has 2 spiro atoms. The second kappa shape index (κ2) is 23.3. The summed E-state index contributed by atoms with van der Waals surface area (Å²) in [5.41, 5.74) is 10.0. The zero-order valence-corrected chi connectivity index (χ0v) is 34.6. The summed E-state index contributed by atoms with van der Waals surface area (Å²) in [5, 5.41) is 3.79. The van der Waals surface area contributed by atoms with Crippen molar-refractivity contribution in [1.82, 2.24) is 15.1 Å². The fraction of sp³-hybridized carbons (Fsp3) is 0.886. The molecule has 1 amide bonds. The summed E-state index contributed by atoms with van der Waals surface area (Å²) >= 11 is 0. The Morgan fingerprint density at radius 1 is 0.891 bits per heavy atom. The van der Waals surface area contributed by atoms with Gasteiger partial charge in [0.1, 0.15) is 11.6 Å². The van der Waals surface area contributed by atoms with Gasteiger partial charge in [0.05, 0.1) is 18.8 Å². The van der Waals surface area contributed by atoms with Gasteiger partial charge in [-0.1, -0.05) is 89.7 Å². The molecule has 5 rings (SSSR count). The Hall–Kier alpha value is -2.21. The highest BCUT2D eigenvalue weighted by molar-refractivity contribution is 5.87. The molecule has 5 heterocycles. The molecular weight excluding hydrogens is 693 g/mol. The van der Waals surface area contributed by atoms with Gasteiger partial charge < -0.3 is 40.8 Å². The normalized spacial score (nSPS) is 28.5. The fourth-order valence-electron chi connectivity index (χ4n) is 9.83. The maximum absolute atomic E-state index is 13.9. The molecule has 5 aliphatic rings. The van der Waals surface area contributed by atoms with Crippen molar-refractivity contribution in [1.29, 1.82) is 0 Å². The number of hydrogen-bond donors (Lipinski definition) is 3. The second-order valence-electron chi connectivity index (χ2n) is 17.2. The maximum Gasteiger partial charge on any atom is 0.316 e. The molecule has 0 aliphatic carbocycles. The largest absolute Gasteiger partial charge is 0.465 e. The predicted molar refractivity (Wildman–Crippen MR) is 220 cm³/mol. The number of nitrogens with one attached hydrogen (secondary N) is 1. The van der Waals surface area contributed by atoms with E-state index in [1.165, 1.54) is 57.8 Å². The number of hydrogen-bond acceptors (Lipinski definition) is 10. The van der Waals surface area contributed by atoms with E-state index in [9.17, 15) is 9.59 Å². The molecule has 6 unspecified atom stereocenters. The lowest BCUT2D eigenvalue weighted by molar-refractivity contribution is -0.181. The van der Waals surface area contributed by atoms with E-state index in [-0.39, 0.29) is 29.9 Å². The van der Waals surface area contributed by atoms with E-state index in [0.29, 0.717) is 38.8 Å². The number of ether oxygens (including phenoxy) is 3. The molecule has 3 fully saturated rings. The number of allylic oxidation sites excluding steroid dienone is 1. The van der Waals surface area contributed by atoms with Crippen molar-refractivity contribution in [2.75, 3.05) is 39.4 Å². The van der Waals surface area contributed by atoms with Gasteiger partial charge in [-0.3, -0.25) is 9.59 Å². The van der Waals surface area contributed by atoms with Crippen molar-refractivity contribution in [2.24, 2.45) is 22.4 Å². The highest BCUT2D eigenvalue weighted by Crippen LogP contribution is 2.49. The Morgan fingerprint density at radius 2 is 1.58 bits per heavy atom. The van der Waals surface area contributed by atoms with Crippen LogP contribution in [0.25, 0.3) is 0 Å². The van der Waals surface area contributed by atoms with Gasteiger partial charge in [0.2, 0.25) is 5.91 Å². The molecule has 314 valence electrons. The van der Waals surface area contributed by atoms with Crippen molar-refractivity contribution >= 4 is 17.8 Å². The third-order valence-corrected chi connectivity index (χ3v) is 12.9. The number of guanidine groups is 1. The summed E-state index contributed by atoms with van der Waals surface area (Å²) in [7, 11) is 0. The van der Waals surface area contributed by atoms with E-state index in [0.717, 1.165) is 122 Å². The van der Waals surface area contributed by atoms with Crippen molar-refractivity contribution in [2.45, 2.75) is 204 Å². The summed E-state index contributed by atoms with van der Waals surface area (Å²) in [6.07, 6.45) is 32.2. The van der Waals surface area contributed by atoms with Gasteiger partial charge in [0.15, 0.2) is 11.7 Å². The SMILES string of the molecule is CCC1C=CCCC2(CC3CCC4C(C(=O)OCCCCCCCCCCCCCCCC(=O)N(CCCN)CCCCN)C5(CCCCO5)N=C(N2)N34)O1. The standard InChI is InChI=1S/C44H78N6O5/c1-2-37-23-15-16-27-43(55-37)35-36-25-26-38-40(44(28-17-21-34-54-44)48-42(47-43)50(36)38)41(52)53-33-20-13-11-9-7-5-3-4-6-8-10-12-14-24-39(51)49(32-22-30-46)31-19-18-29-45/h15,23,36-38,40H,2-14,16-22,24-35,45-46H2,1H3,(H,47,48). The number of amides is 1. The van der Waals surface area contributed by atoms with E-state index >= 15 is 0 Å². The Kier molecular flexibility index (Phi) is 18.6. The fourth-order valence-corrected chi connectivity index (χ4v) is 9.83. The molecule has 0 aromatic rings. The average molecular weight is 771 g/mol. The summed E-state index contributed by atoms with van der Waals surface area (Å²) in [6.45, 7) is 6.20. The van der Waals surface area contributed by atoms with Crippen molar-refractivity contribution < 1.29 is 23.8 Å². The molecule has 6 atom stereocenters. The number of nitrogens with two attached hydrogens (primary N) is 2. The van der Waals surface area contributed by atoms with Gasteiger partial charge in [-0.2, -0.15) is 0 Å². The molecule has 0 bridgehead atoms. The van der Waals surface area contributed by atoms with Crippen LogP contribution in [-0.2, 0) is 23.8 Å². The van der Waals surface area contributed by atoms with Gasteiger partial charge in [-0.25, -0.2) is 4.99 Å². The van der Waals surface area contributed by atoms with Crippen LogP contribution in [0.15, 0.2) is 17.1 Å². The smallest absolute Gasteiger partial charge is 0.316 e. The van der Waals surface area contributed by atoms with E-state index in [4.69, 9.17) is 30.7 Å². The lowest BCUT2D eigenvalue weighted by atomic mass is 9.81. The topological polar surface area (TPSA) is 145 Å². The van der Waals surface area contributed by atoms with Crippen LogP contribution in [0.1, 0.15) is 174 Å². The number of carbonyl (C=O) groups excluding carboxylic acids is 2. The summed E-state index contributed by atoms with van der Waals surface area (Å²) in [4.78, 5) is 36.3. The highest BCUT2D eigenvalue weighted by Gasteiger charge is 2.61. The van der Waals surface area contributed by atoms with Crippen LogP contribution in [-0.4, -0.2) is 96.7 Å². The third-order valence-electron chi connectivity index (χ3n) is 12.9. The molecule has 5 aliphatic heterocycles. The lowest BCUT2D eigenvalue weighted by Crippen LogP contribution is -2.71. The lowest BCUT2D eigenvalue weighted by Gasteiger charge is -2.54. The van der Waals surface area contributed by atoms with Crippen LogP contribution >= 0.6 is 0 Å². The van der Waals surface area contributed by atoms with Crippen molar-refractivity contribution in [3.8, 4) is 0 Å². The van der Waals surface area contributed by atoms with Crippen LogP contribution in [0.5, 0.6) is 0 Å². The number of nitrogens with zero attached hydrogens (tertiary/aromatic N) is 3. The minimum atomic E-state index is -0.850. The molecule has 55 heavy (non-hydrogen) atoms. The van der Waals surface area contributed by atoms with Gasteiger partial charge in [0.25, 0.3) is 0 Å². The molecule has 0 radical (unpaired) electrons. The quantitative estimate of drug-likeness (QED) is 0.0490. The van der Waals surface area contributed by atoms with E-state index in [1.54, 1.807) is 0 Å². The summed E-state index contributed by atoms with van der Waals surface area (Å²) in [5.74, 6) is 0.648. The predicted octanol–water partition coefficient (Wildman–Crippen LogP) is 7.46. The first-order valence-electron chi connectivity index (χ1n) is 22.9. The third kappa shape index (κ3) is 12.6. The summed E-state index contributed by atoms with van der Waals surface area (Å²) in [6, 6.07) is 0.361. The molecule has 0 aromatic heterocycles. The number of esters is 1. The van der Waals surface area contributed by atoms with Gasteiger partial charge in [-0.15, -0.1) is 0 Å². The molecule has 11 nitrogen and oxygen atoms in total. The Balaban J connectivity index is 0.929. The van der Waals surface area contributed by atoms with Crippen LogP contribution in [0.2, 0.25) is 0 Å². The van der Waals surface area contributed by atoms with Gasteiger partial charge in [0, 0.05) is 38.6 Å². The minimum absolute atomic E-state index is 0.0503. The van der Waals surface area contributed by atoms with Crippen LogP contribution in [0.3, 0.4) is 0 Å².